The van der Waals surface area contributed by atoms with E-state index in [0.29, 0.717) is 0 Å². The summed E-state index contributed by atoms with van der Waals surface area (Å²) in [5.41, 5.74) is 14.1. The number of fused-ring (bicyclic) bond motifs is 15. The Morgan fingerprint density at radius 2 is 0.843 bits per heavy atom. The van der Waals surface area contributed by atoms with Crippen LogP contribution >= 0.6 is 22.7 Å². The van der Waals surface area contributed by atoms with Crippen molar-refractivity contribution in [2.45, 2.75) is 0 Å². The van der Waals surface area contributed by atoms with Crippen molar-refractivity contribution in [1.82, 2.24) is 4.57 Å². The molecule has 0 N–H and O–H groups in total. The van der Waals surface area contributed by atoms with Crippen molar-refractivity contribution < 1.29 is 4.42 Å². The first-order valence-corrected chi connectivity index (χ1v) is 34.0. The molecule has 18 aromatic rings. The van der Waals surface area contributed by atoms with Crippen LogP contribution in [0.4, 0.5) is 34.1 Å². The molecular formula is C82H51N3OS2Si. The molecule has 89 heavy (non-hydrogen) atoms. The van der Waals surface area contributed by atoms with Crippen molar-refractivity contribution in [3.63, 3.8) is 0 Å². The average molecular weight is 1190 g/mol. The first kappa shape index (κ1) is 50.4. The Labute approximate surface area is 521 Å². The van der Waals surface area contributed by atoms with Crippen LogP contribution in [0.15, 0.2) is 314 Å². The van der Waals surface area contributed by atoms with E-state index < -0.39 is 8.07 Å². The molecule has 0 spiro atoms. The molecule has 0 unspecified atom stereocenters. The van der Waals surface area contributed by atoms with E-state index in [-0.39, 0.29) is 0 Å². The standard InChI is InChI=1S/C82H51N3OS2Si/c1-2-19-54(20-3-1)85-73-29-12-15-32-81(73)89(59-42-45-68-66-24-8-13-30-77(66)87-79(68)48-59,60-43-46-69-67-25-9-14-31-78(67)88-80(69)49-60)82-51-76-70(50-74(82)85)65-44-41-58(47-75(65)86-76)83(55-35-33-53(34-36-55)62-26-16-18-52-17-4-5-21-61(52)62)56-37-39-57(40-38-56)84-71-27-10-6-22-63(71)64-23-7-11-28-72(64)84/h1-51H. The summed E-state index contributed by atoms with van der Waals surface area (Å²) in [7, 11) is -3.26. The third kappa shape index (κ3) is 7.57. The second-order valence-corrected chi connectivity index (χ2v) is 29.4. The van der Waals surface area contributed by atoms with Crippen LogP contribution in [-0.4, -0.2) is 12.6 Å². The Morgan fingerprint density at radius 3 is 1.53 bits per heavy atom. The lowest BCUT2D eigenvalue weighted by Gasteiger charge is -2.45. The van der Waals surface area contributed by atoms with Crippen LogP contribution in [0.3, 0.4) is 0 Å². The van der Waals surface area contributed by atoms with Crippen LogP contribution in [0.5, 0.6) is 0 Å². The Kier molecular flexibility index (Phi) is 11.1. The molecule has 0 aliphatic carbocycles. The quantitative estimate of drug-likeness (QED) is 0.142. The zero-order chi connectivity index (χ0) is 58.3. The third-order valence-corrected chi connectivity index (χ3v) is 25.9. The molecule has 19 rings (SSSR count). The van der Waals surface area contributed by atoms with Crippen molar-refractivity contribution in [2.24, 2.45) is 0 Å². The summed E-state index contributed by atoms with van der Waals surface area (Å²) in [6.45, 7) is 0. The number of thiophene rings is 2. The smallest absolute Gasteiger partial charge is 0.184 e. The van der Waals surface area contributed by atoms with Crippen LogP contribution in [0.1, 0.15) is 0 Å². The normalized spacial score (nSPS) is 13.0. The van der Waals surface area contributed by atoms with Gasteiger partial charge in [-0.05, 0) is 158 Å². The summed E-state index contributed by atoms with van der Waals surface area (Å²) in [5.74, 6) is 0. The van der Waals surface area contributed by atoms with Crippen LogP contribution < -0.4 is 30.5 Å². The van der Waals surface area contributed by atoms with Crippen LogP contribution in [0.2, 0.25) is 0 Å². The number of hydrogen-bond acceptors (Lipinski definition) is 5. The zero-order valence-electron chi connectivity index (χ0n) is 48.0. The molecule has 0 fully saturated rings. The highest BCUT2D eigenvalue weighted by Crippen LogP contribution is 2.46. The lowest BCUT2D eigenvalue weighted by atomic mass is 9.98. The van der Waals surface area contributed by atoms with Gasteiger partial charge in [0.2, 0.25) is 0 Å². The first-order valence-electron chi connectivity index (χ1n) is 30.4. The van der Waals surface area contributed by atoms with E-state index in [1.54, 1.807) is 0 Å². The minimum Gasteiger partial charge on any atom is -0.456 e. The Bertz CT molecular complexity index is 5730. The van der Waals surface area contributed by atoms with Crippen molar-refractivity contribution >= 4 is 180 Å². The molecule has 5 heterocycles. The van der Waals surface area contributed by atoms with Crippen molar-refractivity contribution in [3.8, 4) is 16.8 Å². The van der Waals surface area contributed by atoms with Gasteiger partial charge in [-0.25, -0.2) is 0 Å². The van der Waals surface area contributed by atoms with E-state index in [4.69, 9.17) is 4.42 Å². The first-order chi connectivity index (χ1) is 44.1. The molecule has 0 atom stereocenters. The number of rotatable bonds is 8. The molecular weight excluding hydrogens is 1140 g/mol. The van der Waals surface area contributed by atoms with Gasteiger partial charge in [0.1, 0.15) is 11.2 Å². The van der Waals surface area contributed by atoms with Gasteiger partial charge in [-0.15, -0.1) is 22.7 Å². The maximum absolute atomic E-state index is 7.44. The van der Waals surface area contributed by atoms with Crippen LogP contribution in [0, 0.1) is 0 Å². The minimum absolute atomic E-state index is 0.827. The predicted molar refractivity (Wildman–Crippen MR) is 383 cm³/mol. The molecule has 416 valence electrons. The van der Waals surface area contributed by atoms with Crippen LogP contribution in [0.25, 0.3) is 112 Å². The largest absolute Gasteiger partial charge is 0.456 e. The fourth-order valence-corrected chi connectivity index (χ4v) is 22.5. The second kappa shape index (κ2) is 19.6. The SMILES string of the molecule is c1ccc(N2c3ccccc3[Si](c3ccc4c(c3)sc3ccccc34)(c3ccc4c(c3)sc3ccccc34)c3cc4oc5cc(N(c6ccc(-c7cccc8ccccc78)cc6)c6ccc(-n7c8ccccc8c8ccccc87)cc6)ccc5c4cc32)cc1. The summed E-state index contributed by atoms with van der Waals surface area (Å²) in [5, 5.41) is 17.6. The summed E-state index contributed by atoms with van der Waals surface area (Å²) in [6, 6.07) is 115. The Hall–Kier alpha value is -10.8. The van der Waals surface area contributed by atoms with Gasteiger partial charge in [0.25, 0.3) is 0 Å². The summed E-state index contributed by atoms with van der Waals surface area (Å²) < 4.78 is 15.0. The third-order valence-electron chi connectivity index (χ3n) is 18.8. The number of aromatic nitrogens is 1. The summed E-state index contributed by atoms with van der Waals surface area (Å²) in [4.78, 5) is 4.89. The number of benzene rings is 14. The van der Waals surface area contributed by atoms with Gasteiger partial charge in [0, 0.05) is 108 Å². The molecule has 7 heteroatoms. The van der Waals surface area contributed by atoms with E-state index in [9.17, 15) is 0 Å². The highest BCUT2D eigenvalue weighted by atomic mass is 32.1. The molecule has 4 aromatic heterocycles. The molecule has 0 saturated heterocycles. The maximum Gasteiger partial charge on any atom is 0.184 e. The van der Waals surface area contributed by atoms with E-state index >= 15 is 0 Å². The summed E-state index contributed by atoms with van der Waals surface area (Å²) >= 11 is 3.79. The monoisotopic (exact) mass is 1190 g/mol. The zero-order valence-corrected chi connectivity index (χ0v) is 50.6. The molecule has 0 amide bonds. The number of para-hydroxylation sites is 4. The molecule has 0 radical (unpaired) electrons. The van der Waals surface area contributed by atoms with E-state index in [0.717, 1.165) is 50.4 Å². The highest BCUT2D eigenvalue weighted by molar-refractivity contribution is 7.27. The van der Waals surface area contributed by atoms with Gasteiger partial charge in [-0.3, -0.25) is 0 Å². The number of hydrogen-bond donors (Lipinski definition) is 0. The molecule has 0 bridgehead atoms. The van der Waals surface area contributed by atoms with Gasteiger partial charge in [-0.1, -0.05) is 188 Å². The molecule has 4 nitrogen and oxygen atoms in total. The van der Waals surface area contributed by atoms with E-state index in [1.807, 2.05) is 22.7 Å². The summed E-state index contributed by atoms with van der Waals surface area (Å²) in [6.07, 6.45) is 0. The fourth-order valence-electron chi connectivity index (χ4n) is 14.9. The van der Waals surface area contributed by atoms with Gasteiger partial charge >= 0.3 is 0 Å². The lowest BCUT2D eigenvalue weighted by Crippen LogP contribution is -2.77. The second-order valence-electron chi connectivity index (χ2n) is 23.5. The van der Waals surface area contributed by atoms with Gasteiger partial charge in [0.05, 0.1) is 11.0 Å². The Balaban J connectivity index is 0.832. The van der Waals surface area contributed by atoms with Crippen LogP contribution in [-0.2, 0) is 0 Å². The van der Waals surface area contributed by atoms with E-state index in [1.165, 1.54) is 116 Å². The van der Waals surface area contributed by atoms with Gasteiger partial charge < -0.3 is 18.8 Å². The molecule has 14 aromatic carbocycles. The van der Waals surface area contributed by atoms with Crippen molar-refractivity contribution in [3.05, 3.63) is 309 Å². The van der Waals surface area contributed by atoms with Crippen molar-refractivity contribution in [2.75, 3.05) is 9.80 Å². The predicted octanol–water partition coefficient (Wildman–Crippen LogP) is 20.9. The number of anilines is 6. The van der Waals surface area contributed by atoms with E-state index in [2.05, 4.69) is 324 Å². The maximum atomic E-state index is 7.44. The lowest BCUT2D eigenvalue weighted by molar-refractivity contribution is 0.669. The molecule has 1 aliphatic heterocycles. The average Bonchev–Trinajstić information content (AvgIpc) is 1.50. The topological polar surface area (TPSA) is 24.6 Å². The highest BCUT2D eigenvalue weighted by Gasteiger charge is 2.50. The molecule has 0 saturated carbocycles. The number of furan rings is 1. The van der Waals surface area contributed by atoms with Gasteiger partial charge in [-0.2, -0.15) is 0 Å². The number of nitrogens with zero attached hydrogens (tertiary/aromatic N) is 3. The fraction of sp³-hybridized carbons (Fsp3) is 0. The Morgan fingerprint density at radius 1 is 0.315 bits per heavy atom. The van der Waals surface area contributed by atoms with Gasteiger partial charge in [0.15, 0.2) is 8.07 Å². The van der Waals surface area contributed by atoms with Crippen molar-refractivity contribution in [1.29, 1.82) is 0 Å². The molecule has 1 aliphatic rings. The minimum atomic E-state index is -3.26.